The second-order valence-electron chi connectivity index (χ2n) is 17.0. The first kappa shape index (κ1) is 38.0. The summed E-state index contributed by atoms with van der Waals surface area (Å²) in [4.78, 5) is 2.26. The summed E-state index contributed by atoms with van der Waals surface area (Å²) in [5.41, 5.74) is 3.13. The van der Waals surface area contributed by atoms with Crippen molar-refractivity contribution >= 4 is 23.5 Å². The first-order valence-corrected chi connectivity index (χ1v) is 17.6. The Morgan fingerprint density at radius 3 is 1.40 bits per heavy atom. The number of hydrogen-bond acceptors (Lipinski definition) is 8. The van der Waals surface area contributed by atoms with E-state index in [4.69, 9.17) is 9.47 Å². The lowest BCUT2D eigenvalue weighted by molar-refractivity contribution is -0.193. The van der Waals surface area contributed by atoms with Crippen LogP contribution in [0.1, 0.15) is 119 Å². The lowest BCUT2D eigenvalue weighted by atomic mass is 9.79. The Morgan fingerprint density at radius 1 is 0.644 bits per heavy atom. The SMILES string of the molecule is CC(C)(Sc1cc(C(C)(C)C)c(O)c(C(C)(C)C)c1)Sc1cc(C(C)(C)C)c(OCC2OCC(O)C(O)C2O)c(C(C)(C)C)c1. The minimum atomic E-state index is -1.28. The number of phenolic OH excluding ortho intramolecular Hbond substituents is 1. The summed E-state index contributed by atoms with van der Waals surface area (Å²) >= 11 is 3.61. The van der Waals surface area contributed by atoms with Gasteiger partial charge < -0.3 is 29.9 Å². The fourth-order valence-electron chi connectivity index (χ4n) is 5.51. The maximum Gasteiger partial charge on any atom is 0.126 e. The van der Waals surface area contributed by atoms with Crippen molar-refractivity contribution in [3.8, 4) is 11.5 Å². The van der Waals surface area contributed by atoms with Crippen LogP contribution >= 0.6 is 23.5 Å². The van der Waals surface area contributed by atoms with Crippen LogP contribution in [0, 0.1) is 0 Å². The molecule has 2 aromatic carbocycles. The van der Waals surface area contributed by atoms with Gasteiger partial charge in [0.2, 0.25) is 0 Å². The fourth-order valence-corrected chi connectivity index (χ4v) is 8.10. The molecule has 0 amide bonds. The lowest BCUT2D eigenvalue weighted by Gasteiger charge is -2.36. The molecule has 254 valence electrons. The molecule has 0 radical (unpaired) electrons. The molecule has 4 unspecified atom stereocenters. The zero-order valence-corrected chi connectivity index (χ0v) is 31.6. The van der Waals surface area contributed by atoms with Crippen molar-refractivity contribution in [2.75, 3.05) is 13.2 Å². The van der Waals surface area contributed by atoms with E-state index in [0.717, 1.165) is 37.8 Å². The summed E-state index contributed by atoms with van der Waals surface area (Å²) in [5, 5.41) is 41.9. The van der Waals surface area contributed by atoms with Gasteiger partial charge in [-0.05, 0) is 59.8 Å². The molecular formula is C37H58O6S2. The molecule has 6 nitrogen and oxygen atoms in total. The number of ether oxygens (including phenoxy) is 2. The van der Waals surface area contributed by atoms with Crippen molar-refractivity contribution in [3.63, 3.8) is 0 Å². The van der Waals surface area contributed by atoms with Gasteiger partial charge in [-0.2, -0.15) is 0 Å². The molecule has 0 bridgehead atoms. The highest BCUT2D eigenvalue weighted by atomic mass is 32.2. The van der Waals surface area contributed by atoms with Crippen LogP contribution in [-0.2, 0) is 26.4 Å². The van der Waals surface area contributed by atoms with E-state index in [1.165, 1.54) is 0 Å². The molecule has 1 aliphatic heterocycles. The van der Waals surface area contributed by atoms with Crippen molar-refractivity contribution in [2.45, 2.75) is 157 Å². The largest absolute Gasteiger partial charge is 0.507 e. The van der Waals surface area contributed by atoms with E-state index in [1.807, 2.05) is 11.8 Å². The molecular weight excluding hydrogens is 605 g/mol. The van der Waals surface area contributed by atoms with Gasteiger partial charge in [0.15, 0.2) is 0 Å². The lowest BCUT2D eigenvalue weighted by Crippen LogP contribution is -2.54. The Kier molecular flexibility index (Phi) is 11.2. The van der Waals surface area contributed by atoms with Gasteiger partial charge in [0.1, 0.15) is 42.5 Å². The van der Waals surface area contributed by atoms with Crippen molar-refractivity contribution in [3.05, 3.63) is 46.5 Å². The second kappa shape index (κ2) is 13.2. The van der Waals surface area contributed by atoms with Gasteiger partial charge in [-0.25, -0.2) is 0 Å². The summed E-state index contributed by atoms with van der Waals surface area (Å²) in [6, 6.07) is 8.72. The molecule has 45 heavy (non-hydrogen) atoms. The number of rotatable bonds is 7. The molecule has 0 spiro atoms. The maximum atomic E-state index is 11.3. The predicted octanol–water partition coefficient (Wildman–Crippen LogP) is 8.06. The summed E-state index contributed by atoms with van der Waals surface area (Å²) < 4.78 is 11.9. The summed E-state index contributed by atoms with van der Waals surface area (Å²) in [6.45, 7) is 30.3. The molecule has 1 aliphatic rings. The Bertz CT molecular complexity index is 1270. The molecule has 0 aliphatic carbocycles. The normalized spacial score (nSPS) is 22.1. The number of aliphatic hydroxyl groups is 3. The smallest absolute Gasteiger partial charge is 0.126 e. The minimum Gasteiger partial charge on any atom is -0.507 e. The predicted molar refractivity (Wildman–Crippen MR) is 188 cm³/mol. The Labute approximate surface area is 280 Å². The van der Waals surface area contributed by atoms with Crippen molar-refractivity contribution in [1.29, 1.82) is 0 Å². The van der Waals surface area contributed by atoms with Crippen molar-refractivity contribution < 1.29 is 29.9 Å². The van der Waals surface area contributed by atoms with Crippen molar-refractivity contribution in [1.82, 2.24) is 0 Å². The van der Waals surface area contributed by atoms with Crippen LogP contribution in [0.3, 0.4) is 0 Å². The molecule has 4 N–H and O–H groups in total. The van der Waals surface area contributed by atoms with Crippen LogP contribution in [0.25, 0.3) is 0 Å². The van der Waals surface area contributed by atoms with Gasteiger partial charge in [-0.3, -0.25) is 0 Å². The molecule has 2 aromatic rings. The highest BCUT2D eigenvalue weighted by molar-refractivity contribution is 8.18. The number of aromatic hydroxyl groups is 1. The maximum absolute atomic E-state index is 11.3. The van der Waals surface area contributed by atoms with E-state index in [0.29, 0.717) is 5.75 Å². The number of phenols is 1. The molecule has 8 heteroatoms. The van der Waals surface area contributed by atoms with Gasteiger partial charge in [0.25, 0.3) is 0 Å². The first-order valence-electron chi connectivity index (χ1n) is 16.0. The second-order valence-corrected chi connectivity index (χ2v) is 20.7. The summed E-state index contributed by atoms with van der Waals surface area (Å²) in [5.74, 6) is 1.16. The average Bonchev–Trinajstić information content (AvgIpc) is 2.85. The summed E-state index contributed by atoms with van der Waals surface area (Å²) in [7, 11) is 0. The van der Waals surface area contributed by atoms with E-state index < -0.39 is 24.4 Å². The van der Waals surface area contributed by atoms with E-state index in [2.05, 4.69) is 121 Å². The van der Waals surface area contributed by atoms with Crippen LogP contribution in [0.15, 0.2) is 34.1 Å². The van der Waals surface area contributed by atoms with E-state index in [9.17, 15) is 20.4 Å². The van der Waals surface area contributed by atoms with Gasteiger partial charge >= 0.3 is 0 Å². The standard InChI is InChI=1S/C37H58O6S2/c1-33(2,3)23-15-21(16-24(29(23)39)34(4,5)6)44-37(13,14)45-22-17-25(35(7,8)9)32(26(18-22)36(10,11)12)43-20-28-31(41)30(40)27(38)19-42-28/h15-18,27-28,30-31,38-41H,19-20H2,1-14H3. The number of thioether (sulfide) groups is 2. The van der Waals surface area contributed by atoms with Crippen LogP contribution in [0.2, 0.25) is 0 Å². The van der Waals surface area contributed by atoms with Crippen LogP contribution < -0.4 is 4.74 Å². The highest BCUT2D eigenvalue weighted by Crippen LogP contribution is 2.51. The third kappa shape index (κ3) is 9.35. The fraction of sp³-hybridized carbons (Fsp3) is 0.676. The average molecular weight is 663 g/mol. The first-order chi connectivity index (χ1) is 20.2. The van der Waals surface area contributed by atoms with Crippen LogP contribution in [0.4, 0.5) is 0 Å². The third-order valence-electron chi connectivity index (χ3n) is 8.10. The van der Waals surface area contributed by atoms with E-state index >= 15 is 0 Å². The minimum absolute atomic E-state index is 0.0532. The highest BCUT2D eigenvalue weighted by Gasteiger charge is 2.39. The van der Waals surface area contributed by atoms with Gasteiger partial charge in [-0.15, -0.1) is 23.5 Å². The number of benzene rings is 2. The van der Waals surface area contributed by atoms with E-state index in [1.54, 1.807) is 11.8 Å². The molecule has 4 atom stereocenters. The molecule has 1 fully saturated rings. The molecule has 0 aromatic heterocycles. The van der Waals surface area contributed by atoms with Gasteiger partial charge in [0, 0.05) is 32.0 Å². The molecule has 1 heterocycles. The quantitative estimate of drug-likeness (QED) is 0.175. The van der Waals surface area contributed by atoms with Crippen molar-refractivity contribution in [2.24, 2.45) is 0 Å². The zero-order chi connectivity index (χ0) is 34.5. The molecule has 1 saturated heterocycles. The zero-order valence-electron chi connectivity index (χ0n) is 30.0. The Hall–Kier alpha value is -1.42. The van der Waals surface area contributed by atoms with Gasteiger partial charge in [0.05, 0.1) is 10.7 Å². The Balaban J connectivity index is 2.03. The van der Waals surface area contributed by atoms with Gasteiger partial charge in [-0.1, -0.05) is 83.1 Å². The topological polar surface area (TPSA) is 99.4 Å². The Morgan fingerprint density at radius 2 is 1.02 bits per heavy atom. The van der Waals surface area contributed by atoms with Crippen LogP contribution in [0.5, 0.6) is 11.5 Å². The van der Waals surface area contributed by atoms with E-state index in [-0.39, 0.29) is 39.0 Å². The molecule has 3 rings (SSSR count). The van der Waals surface area contributed by atoms with Crippen LogP contribution in [-0.4, -0.2) is 62.1 Å². The molecule has 0 saturated carbocycles. The summed E-state index contributed by atoms with van der Waals surface area (Å²) in [6.07, 6.45) is -4.39. The number of hydrogen-bond donors (Lipinski definition) is 4. The number of aliphatic hydroxyl groups excluding tert-OH is 3. The third-order valence-corrected chi connectivity index (χ3v) is 10.5. The monoisotopic (exact) mass is 662 g/mol.